The largest absolute Gasteiger partial charge is 0.454 e. The van der Waals surface area contributed by atoms with Gasteiger partial charge >= 0.3 is 11.8 Å². The number of anilines is 1. The van der Waals surface area contributed by atoms with Crippen molar-refractivity contribution in [2.24, 2.45) is 0 Å². The first-order valence-electron chi connectivity index (χ1n) is 10.4. The maximum absolute atomic E-state index is 13.1. The molecule has 168 valence electrons. The Kier molecular flexibility index (Phi) is 5.21. The SMILES string of the molecule is O=c1cc(NC2CCN(Cc3ccc4c(c3)OCO4)CC2)c2cc(C(F)(F)F)ccc2o1. The summed E-state index contributed by atoms with van der Waals surface area (Å²) in [7, 11) is 0. The second-order valence-corrected chi connectivity index (χ2v) is 8.07. The molecule has 0 saturated carbocycles. The molecule has 1 fully saturated rings. The van der Waals surface area contributed by atoms with Gasteiger partial charge in [-0.1, -0.05) is 6.07 Å². The molecule has 2 aliphatic rings. The maximum atomic E-state index is 13.1. The fourth-order valence-corrected chi connectivity index (χ4v) is 4.21. The number of alkyl halides is 3. The molecular weight excluding hydrogens is 425 g/mol. The van der Waals surface area contributed by atoms with Gasteiger partial charge in [0.25, 0.3) is 0 Å². The van der Waals surface area contributed by atoms with E-state index in [1.54, 1.807) is 0 Å². The number of piperidine rings is 1. The normalized spacial score (nSPS) is 17.1. The standard InChI is InChI=1S/C23H21F3N2O4/c24-23(25,26)15-2-4-19-17(10-15)18(11-22(29)32-19)27-16-5-7-28(8-6-16)12-14-1-3-20-21(9-14)31-13-30-20/h1-4,9-11,16,27H,5-8,12-13H2. The minimum atomic E-state index is -4.47. The van der Waals surface area contributed by atoms with Crippen LogP contribution >= 0.6 is 0 Å². The predicted octanol–water partition coefficient (Wildman–Crippen LogP) is 4.62. The van der Waals surface area contributed by atoms with E-state index in [4.69, 9.17) is 13.9 Å². The Labute approximate surface area is 181 Å². The second-order valence-electron chi connectivity index (χ2n) is 8.07. The molecular formula is C23H21F3N2O4. The highest BCUT2D eigenvalue weighted by atomic mass is 19.4. The number of ether oxygens (including phenoxy) is 2. The third-order valence-corrected chi connectivity index (χ3v) is 5.86. The number of benzene rings is 2. The molecule has 0 bridgehead atoms. The van der Waals surface area contributed by atoms with Crippen molar-refractivity contribution in [2.45, 2.75) is 31.6 Å². The number of nitrogens with zero attached hydrogens (tertiary/aromatic N) is 1. The molecule has 0 aliphatic carbocycles. The molecule has 3 heterocycles. The summed E-state index contributed by atoms with van der Waals surface area (Å²) >= 11 is 0. The lowest BCUT2D eigenvalue weighted by atomic mass is 10.0. The van der Waals surface area contributed by atoms with E-state index in [1.807, 2.05) is 18.2 Å². The highest BCUT2D eigenvalue weighted by Crippen LogP contribution is 2.35. The Morgan fingerprint density at radius 2 is 1.78 bits per heavy atom. The Morgan fingerprint density at radius 3 is 2.56 bits per heavy atom. The molecule has 1 N–H and O–H groups in total. The van der Waals surface area contributed by atoms with E-state index in [0.717, 1.165) is 61.7 Å². The van der Waals surface area contributed by atoms with Crippen LogP contribution in [-0.4, -0.2) is 30.8 Å². The Bertz CT molecular complexity index is 1200. The molecule has 1 saturated heterocycles. The molecule has 2 aliphatic heterocycles. The van der Waals surface area contributed by atoms with Gasteiger partial charge in [0, 0.05) is 37.1 Å². The van der Waals surface area contributed by atoms with E-state index < -0.39 is 17.4 Å². The van der Waals surface area contributed by atoms with Crippen molar-refractivity contribution in [1.82, 2.24) is 4.90 Å². The van der Waals surface area contributed by atoms with Crippen LogP contribution in [0.25, 0.3) is 11.0 Å². The third kappa shape index (κ3) is 4.25. The molecule has 0 radical (unpaired) electrons. The summed E-state index contributed by atoms with van der Waals surface area (Å²) in [6.07, 6.45) is -2.88. The van der Waals surface area contributed by atoms with Crippen molar-refractivity contribution < 1.29 is 27.1 Å². The molecule has 32 heavy (non-hydrogen) atoms. The first-order valence-corrected chi connectivity index (χ1v) is 10.4. The van der Waals surface area contributed by atoms with Crippen molar-refractivity contribution in [2.75, 3.05) is 25.2 Å². The number of fused-ring (bicyclic) bond motifs is 2. The number of hydrogen-bond acceptors (Lipinski definition) is 6. The monoisotopic (exact) mass is 446 g/mol. The summed E-state index contributed by atoms with van der Waals surface area (Å²) in [6.45, 7) is 2.65. The summed E-state index contributed by atoms with van der Waals surface area (Å²) < 4.78 is 55.3. The topological polar surface area (TPSA) is 63.9 Å². The van der Waals surface area contributed by atoms with Crippen molar-refractivity contribution in [3.05, 3.63) is 64.0 Å². The van der Waals surface area contributed by atoms with E-state index >= 15 is 0 Å². The van der Waals surface area contributed by atoms with Gasteiger partial charge in [0.05, 0.1) is 11.3 Å². The Balaban J connectivity index is 1.27. The van der Waals surface area contributed by atoms with Gasteiger partial charge < -0.3 is 19.2 Å². The van der Waals surface area contributed by atoms with Crippen LogP contribution in [0.1, 0.15) is 24.0 Å². The van der Waals surface area contributed by atoms with E-state index in [2.05, 4.69) is 10.2 Å². The van der Waals surface area contributed by atoms with Crippen LogP contribution in [0.5, 0.6) is 11.5 Å². The van der Waals surface area contributed by atoms with Gasteiger partial charge in [-0.05, 0) is 48.7 Å². The number of hydrogen-bond donors (Lipinski definition) is 1. The zero-order valence-corrected chi connectivity index (χ0v) is 17.1. The number of halogens is 3. The van der Waals surface area contributed by atoms with Crippen LogP contribution in [-0.2, 0) is 12.7 Å². The zero-order chi connectivity index (χ0) is 22.3. The maximum Gasteiger partial charge on any atom is 0.416 e. The minimum absolute atomic E-state index is 0.0440. The number of likely N-dealkylation sites (tertiary alicyclic amines) is 1. The molecule has 0 amide bonds. The van der Waals surface area contributed by atoms with E-state index in [1.165, 1.54) is 12.1 Å². The number of nitrogens with one attached hydrogen (secondary N) is 1. The molecule has 2 aromatic carbocycles. The molecule has 3 aromatic rings. The molecule has 9 heteroatoms. The molecule has 1 aromatic heterocycles. The van der Waals surface area contributed by atoms with Crippen molar-refractivity contribution in [3.63, 3.8) is 0 Å². The fraction of sp³-hybridized carbons (Fsp3) is 0.348. The third-order valence-electron chi connectivity index (χ3n) is 5.86. The number of rotatable bonds is 4. The van der Waals surface area contributed by atoms with Crippen LogP contribution in [0.3, 0.4) is 0 Å². The van der Waals surface area contributed by atoms with Gasteiger partial charge in [-0.3, -0.25) is 4.90 Å². The molecule has 0 atom stereocenters. The van der Waals surface area contributed by atoms with Crippen LogP contribution in [0.2, 0.25) is 0 Å². The fourth-order valence-electron chi connectivity index (χ4n) is 4.21. The molecule has 5 rings (SSSR count). The van der Waals surface area contributed by atoms with Gasteiger partial charge in [-0.15, -0.1) is 0 Å². The predicted molar refractivity (Wildman–Crippen MR) is 112 cm³/mol. The average Bonchev–Trinajstić information content (AvgIpc) is 3.22. The van der Waals surface area contributed by atoms with Crippen molar-refractivity contribution in [1.29, 1.82) is 0 Å². The Hall–Kier alpha value is -3.20. The highest BCUT2D eigenvalue weighted by Gasteiger charge is 2.31. The Morgan fingerprint density at radius 1 is 1.00 bits per heavy atom. The minimum Gasteiger partial charge on any atom is -0.454 e. The van der Waals surface area contributed by atoms with Gasteiger partial charge in [-0.25, -0.2) is 4.79 Å². The van der Waals surface area contributed by atoms with E-state index in [9.17, 15) is 18.0 Å². The van der Waals surface area contributed by atoms with Crippen LogP contribution < -0.4 is 20.4 Å². The van der Waals surface area contributed by atoms with Gasteiger partial charge in [0.2, 0.25) is 6.79 Å². The van der Waals surface area contributed by atoms with E-state index in [0.29, 0.717) is 5.69 Å². The average molecular weight is 446 g/mol. The van der Waals surface area contributed by atoms with Crippen LogP contribution in [0.15, 0.2) is 51.7 Å². The molecule has 6 nitrogen and oxygen atoms in total. The van der Waals surface area contributed by atoms with Crippen LogP contribution in [0, 0.1) is 0 Å². The second kappa shape index (κ2) is 8.05. The summed E-state index contributed by atoms with van der Waals surface area (Å²) in [5.74, 6) is 1.51. The molecule has 0 unspecified atom stereocenters. The van der Waals surface area contributed by atoms with Gasteiger partial charge in [0.1, 0.15) is 5.58 Å². The summed E-state index contributed by atoms with van der Waals surface area (Å²) in [6, 6.07) is 10.3. The smallest absolute Gasteiger partial charge is 0.416 e. The van der Waals surface area contributed by atoms with Crippen molar-refractivity contribution >= 4 is 16.7 Å². The van der Waals surface area contributed by atoms with Gasteiger partial charge in [-0.2, -0.15) is 13.2 Å². The van der Waals surface area contributed by atoms with Gasteiger partial charge in [0.15, 0.2) is 11.5 Å². The lowest BCUT2D eigenvalue weighted by Gasteiger charge is -2.33. The first-order chi connectivity index (χ1) is 15.3. The van der Waals surface area contributed by atoms with Crippen molar-refractivity contribution in [3.8, 4) is 11.5 Å². The lowest BCUT2D eigenvalue weighted by Crippen LogP contribution is -2.38. The summed E-state index contributed by atoms with van der Waals surface area (Å²) in [5, 5.41) is 3.52. The lowest BCUT2D eigenvalue weighted by molar-refractivity contribution is -0.137. The quantitative estimate of drug-likeness (QED) is 0.591. The first kappa shape index (κ1) is 20.7. The summed E-state index contributed by atoms with van der Waals surface area (Å²) in [5.41, 5.74) is 0.261. The summed E-state index contributed by atoms with van der Waals surface area (Å²) in [4.78, 5) is 14.2. The zero-order valence-electron chi connectivity index (χ0n) is 17.1. The molecule has 0 spiro atoms. The van der Waals surface area contributed by atoms with E-state index in [-0.39, 0.29) is 23.8 Å². The highest BCUT2D eigenvalue weighted by molar-refractivity contribution is 5.90. The van der Waals surface area contributed by atoms with Crippen LogP contribution in [0.4, 0.5) is 18.9 Å².